The second kappa shape index (κ2) is 8.15. The first-order valence-corrected chi connectivity index (χ1v) is 11.4. The molecule has 2 aromatic heterocycles. The highest BCUT2D eigenvalue weighted by Crippen LogP contribution is 2.40. The van der Waals surface area contributed by atoms with Gasteiger partial charge in [-0.1, -0.05) is 40.2 Å². The Labute approximate surface area is 176 Å². The molecule has 1 aliphatic heterocycles. The van der Waals surface area contributed by atoms with Crippen molar-refractivity contribution in [3.63, 3.8) is 0 Å². The van der Waals surface area contributed by atoms with Gasteiger partial charge in [0.25, 0.3) is 0 Å². The highest BCUT2D eigenvalue weighted by atomic mass is 79.9. The second-order valence-electron chi connectivity index (χ2n) is 6.55. The molecule has 3 aromatic rings. The predicted molar refractivity (Wildman–Crippen MR) is 116 cm³/mol. The summed E-state index contributed by atoms with van der Waals surface area (Å²) in [6.45, 7) is 1.77. The molecule has 0 aliphatic carbocycles. The summed E-state index contributed by atoms with van der Waals surface area (Å²) in [6.07, 6.45) is 0.884. The van der Waals surface area contributed by atoms with E-state index >= 15 is 0 Å². The molecule has 1 aromatic carbocycles. The Kier molecular flexibility index (Phi) is 5.65. The molecule has 3 heterocycles. The van der Waals surface area contributed by atoms with Gasteiger partial charge in [0.2, 0.25) is 0 Å². The van der Waals surface area contributed by atoms with Crippen molar-refractivity contribution >= 4 is 39.0 Å². The number of benzene rings is 1. The van der Waals surface area contributed by atoms with Crippen LogP contribution in [0.4, 0.5) is 0 Å². The van der Waals surface area contributed by atoms with Crippen LogP contribution in [-0.4, -0.2) is 23.5 Å². The molecule has 3 nitrogen and oxygen atoms in total. The van der Waals surface area contributed by atoms with E-state index in [2.05, 4.69) is 63.6 Å². The third kappa shape index (κ3) is 3.83. The van der Waals surface area contributed by atoms with Gasteiger partial charge in [-0.15, -0.1) is 23.1 Å². The van der Waals surface area contributed by atoms with Crippen molar-refractivity contribution in [3.8, 4) is 16.5 Å². The van der Waals surface area contributed by atoms with Crippen molar-refractivity contribution in [2.45, 2.75) is 23.7 Å². The zero-order valence-corrected chi connectivity index (χ0v) is 18.1. The minimum atomic E-state index is 0.803. The maximum atomic E-state index is 9.99. The Morgan fingerprint density at radius 3 is 2.89 bits per heavy atom. The molecular formula is C21H18BrN3S2. The first-order valence-electron chi connectivity index (χ1n) is 8.72. The summed E-state index contributed by atoms with van der Waals surface area (Å²) in [4.78, 5) is 8.42. The topological polar surface area (TPSA) is 39.9 Å². The first kappa shape index (κ1) is 18.7. The molecule has 0 atom stereocenters. The Hall–Kier alpha value is -1.65. The van der Waals surface area contributed by atoms with E-state index in [0.29, 0.717) is 0 Å². The fraction of sp³-hybridized carbons (Fsp3) is 0.238. The van der Waals surface area contributed by atoms with Crippen molar-refractivity contribution in [2.24, 2.45) is 0 Å². The monoisotopic (exact) mass is 455 g/mol. The molecule has 0 amide bonds. The van der Waals surface area contributed by atoms with Crippen molar-refractivity contribution in [3.05, 3.63) is 68.6 Å². The number of halogens is 1. The summed E-state index contributed by atoms with van der Waals surface area (Å²) in [6, 6.07) is 14.9. The van der Waals surface area contributed by atoms with Gasteiger partial charge in [0, 0.05) is 33.8 Å². The zero-order valence-electron chi connectivity index (χ0n) is 14.9. The number of nitrogens with zero attached hydrogens (tertiary/aromatic N) is 3. The van der Waals surface area contributed by atoms with E-state index in [1.165, 1.54) is 5.56 Å². The summed E-state index contributed by atoms with van der Waals surface area (Å²) < 4.78 is 1.10. The fourth-order valence-electron chi connectivity index (χ4n) is 3.32. The smallest absolute Gasteiger partial charge is 0.107 e. The van der Waals surface area contributed by atoms with Crippen molar-refractivity contribution in [1.29, 1.82) is 5.26 Å². The van der Waals surface area contributed by atoms with Crippen molar-refractivity contribution in [2.75, 3.05) is 13.6 Å². The molecule has 0 fully saturated rings. The second-order valence-corrected chi connectivity index (χ2v) is 9.32. The molecule has 0 bridgehead atoms. The summed E-state index contributed by atoms with van der Waals surface area (Å²) in [5, 5.41) is 13.0. The number of pyridine rings is 1. The van der Waals surface area contributed by atoms with Gasteiger partial charge in [-0.3, -0.25) is 0 Å². The molecule has 0 N–H and O–H groups in total. The summed E-state index contributed by atoms with van der Waals surface area (Å²) in [5.74, 6) is 0.812. The zero-order chi connectivity index (χ0) is 18.8. The molecule has 136 valence electrons. The standard InChI is InChI=1S/C21H18BrN3S2/c1-25-9-8-15-16(11-23)20(19-7-4-10-26-19)21(24-18(15)12-25)27-13-14-5-2-3-6-17(14)22/h2-7,10H,8-9,12-13H2,1H3. The van der Waals surface area contributed by atoms with Gasteiger partial charge in [-0.2, -0.15) is 5.26 Å². The minimum absolute atomic E-state index is 0.803. The molecule has 1 aliphatic rings. The van der Waals surface area contributed by atoms with Gasteiger partial charge in [0.1, 0.15) is 11.1 Å². The number of hydrogen-bond donors (Lipinski definition) is 0. The van der Waals surface area contributed by atoms with Gasteiger partial charge in [-0.05, 0) is 42.1 Å². The SMILES string of the molecule is CN1CCc2c(nc(SCc3ccccc3Br)c(-c3cccs3)c2C#N)C1. The van der Waals surface area contributed by atoms with Crippen LogP contribution in [0.25, 0.3) is 10.4 Å². The third-order valence-corrected chi connectivity index (χ3v) is 7.40. The molecule has 0 saturated heterocycles. The molecule has 0 spiro atoms. The molecule has 6 heteroatoms. The lowest BCUT2D eigenvalue weighted by atomic mass is 9.96. The van der Waals surface area contributed by atoms with Crippen LogP contribution < -0.4 is 0 Å². The lowest BCUT2D eigenvalue weighted by Gasteiger charge is -2.26. The van der Waals surface area contributed by atoms with Crippen LogP contribution in [0.1, 0.15) is 22.4 Å². The molecule has 27 heavy (non-hydrogen) atoms. The molecule has 0 unspecified atom stereocenters. The summed E-state index contributed by atoms with van der Waals surface area (Å²) in [5.41, 5.74) is 5.23. The molecule has 4 rings (SSSR count). The highest BCUT2D eigenvalue weighted by Gasteiger charge is 2.25. The van der Waals surface area contributed by atoms with E-state index in [0.717, 1.165) is 62.0 Å². The van der Waals surface area contributed by atoms with Crippen LogP contribution >= 0.6 is 39.0 Å². The van der Waals surface area contributed by atoms with Gasteiger partial charge >= 0.3 is 0 Å². The van der Waals surface area contributed by atoms with Gasteiger partial charge in [-0.25, -0.2) is 4.98 Å². The van der Waals surface area contributed by atoms with Crippen LogP contribution in [0.2, 0.25) is 0 Å². The third-order valence-electron chi connectivity index (χ3n) is 4.72. The van der Waals surface area contributed by atoms with Crippen molar-refractivity contribution in [1.82, 2.24) is 9.88 Å². The maximum Gasteiger partial charge on any atom is 0.107 e. The number of rotatable bonds is 4. The van der Waals surface area contributed by atoms with Gasteiger partial charge < -0.3 is 4.90 Å². The van der Waals surface area contributed by atoms with E-state index in [4.69, 9.17) is 4.98 Å². The highest BCUT2D eigenvalue weighted by molar-refractivity contribution is 9.10. The number of nitriles is 1. The Bertz CT molecular complexity index is 1010. The van der Waals surface area contributed by atoms with Gasteiger partial charge in [0.05, 0.1) is 11.3 Å². The average Bonchev–Trinajstić information content (AvgIpc) is 3.20. The minimum Gasteiger partial charge on any atom is -0.300 e. The van der Waals surface area contributed by atoms with E-state index in [9.17, 15) is 5.26 Å². The van der Waals surface area contributed by atoms with E-state index in [-0.39, 0.29) is 0 Å². The van der Waals surface area contributed by atoms with Crippen LogP contribution in [0.3, 0.4) is 0 Å². The Morgan fingerprint density at radius 2 is 2.15 bits per heavy atom. The summed E-state index contributed by atoms with van der Waals surface area (Å²) in [7, 11) is 2.11. The van der Waals surface area contributed by atoms with Crippen LogP contribution in [0.15, 0.2) is 51.3 Å². The van der Waals surface area contributed by atoms with Gasteiger partial charge in [0.15, 0.2) is 0 Å². The number of thiophene rings is 1. The van der Waals surface area contributed by atoms with Crippen molar-refractivity contribution < 1.29 is 0 Å². The fourth-order valence-corrected chi connectivity index (χ4v) is 5.85. The lowest BCUT2D eigenvalue weighted by molar-refractivity contribution is 0.306. The number of aromatic nitrogens is 1. The quantitative estimate of drug-likeness (QED) is 0.471. The maximum absolute atomic E-state index is 9.99. The Balaban J connectivity index is 1.80. The van der Waals surface area contributed by atoms with Crippen LogP contribution in [0.5, 0.6) is 0 Å². The number of likely N-dealkylation sites (N-methyl/N-ethyl adjacent to an activating group) is 1. The van der Waals surface area contributed by atoms with Crippen LogP contribution in [-0.2, 0) is 18.7 Å². The van der Waals surface area contributed by atoms with Crippen LogP contribution in [0, 0.1) is 11.3 Å². The number of thioether (sulfide) groups is 1. The lowest BCUT2D eigenvalue weighted by Crippen LogP contribution is -2.28. The molecule has 0 radical (unpaired) electrons. The predicted octanol–water partition coefficient (Wildman–Crippen LogP) is 5.72. The van der Waals surface area contributed by atoms with E-state index < -0.39 is 0 Å². The molecule has 0 saturated carbocycles. The number of fused-ring (bicyclic) bond motifs is 1. The average molecular weight is 456 g/mol. The normalized spacial score (nSPS) is 14.0. The summed E-state index contributed by atoms with van der Waals surface area (Å²) >= 11 is 7.02. The molecular weight excluding hydrogens is 438 g/mol. The van der Waals surface area contributed by atoms with E-state index in [1.54, 1.807) is 23.1 Å². The number of hydrogen-bond acceptors (Lipinski definition) is 5. The first-order chi connectivity index (χ1) is 13.2. The largest absolute Gasteiger partial charge is 0.300 e. The Morgan fingerprint density at radius 1 is 1.30 bits per heavy atom. The van der Waals surface area contributed by atoms with E-state index in [1.807, 2.05) is 12.1 Å².